The van der Waals surface area contributed by atoms with Crippen molar-refractivity contribution in [2.75, 3.05) is 5.32 Å². The molecule has 0 atom stereocenters. The van der Waals surface area contributed by atoms with Crippen LogP contribution in [0.4, 0.5) is 5.69 Å². The number of rotatable bonds is 4. The van der Waals surface area contributed by atoms with Crippen LogP contribution in [0.1, 0.15) is 45.5 Å². The van der Waals surface area contributed by atoms with E-state index < -0.39 is 11.9 Å². The highest BCUT2D eigenvalue weighted by atomic mass is 35.5. The summed E-state index contributed by atoms with van der Waals surface area (Å²) >= 11 is 6.75. The molecule has 8 heteroatoms. The Kier molecular flexibility index (Phi) is 4.54. The molecule has 0 radical (unpaired) electrons. The van der Waals surface area contributed by atoms with Gasteiger partial charge in [-0.25, -0.2) is 4.79 Å². The maximum absolute atomic E-state index is 12.3. The summed E-state index contributed by atoms with van der Waals surface area (Å²) in [7, 11) is 0. The topological polar surface area (TPSA) is 92.2 Å². The van der Waals surface area contributed by atoms with Gasteiger partial charge in [-0.05, 0) is 35.6 Å². The largest absolute Gasteiger partial charge is 0.478 e. The number of hydrogen-bond acceptors (Lipinski definition) is 5. The molecule has 1 heterocycles. The molecule has 0 saturated carbocycles. The molecular weight excluding hydrogens is 314 g/mol. The molecule has 110 valence electrons. The van der Waals surface area contributed by atoms with Crippen molar-refractivity contribution in [2.24, 2.45) is 0 Å². The summed E-state index contributed by atoms with van der Waals surface area (Å²) < 4.78 is 3.77. The van der Waals surface area contributed by atoms with E-state index in [1.807, 2.05) is 13.8 Å². The quantitative estimate of drug-likeness (QED) is 0.900. The molecule has 0 fully saturated rings. The third kappa shape index (κ3) is 3.37. The zero-order chi connectivity index (χ0) is 15.6. The highest BCUT2D eigenvalue weighted by Gasteiger charge is 2.20. The van der Waals surface area contributed by atoms with Gasteiger partial charge in [0, 0.05) is 5.02 Å². The average molecular weight is 326 g/mol. The summed E-state index contributed by atoms with van der Waals surface area (Å²) in [6.45, 7) is 3.80. The number of nitrogens with one attached hydrogen (secondary N) is 1. The lowest BCUT2D eigenvalue weighted by Gasteiger charge is -2.09. The summed E-state index contributed by atoms with van der Waals surface area (Å²) in [4.78, 5) is 23.8. The van der Waals surface area contributed by atoms with Gasteiger partial charge in [-0.2, -0.15) is 0 Å². The van der Waals surface area contributed by atoms with Crippen molar-refractivity contribution in [3.05, 3.63) is 39.4 Å². The van der Waals surface area contributed by atoms with Crippen LogP contribution < -0.4 is 5.32 Å². The van der Waals surface area contributed by atoms with Crippen LogP contribution in [-0.4, -0.2) is 26.6 Å². The van der Waals surface area contributed by atoms with Crippen molar-refractivity contribution in [1.82, 2.24) is 9.59 Å². The van der Waals surface area contributed by atoms with Gasteiger partial charge in [0.1, 0.15) is 4.88 Å². The number of carboxylic acid groups (broad SMARTS) is 1. The Morgan fingerprint density at radius 3 is 2.71 bits per heavy atom. The van der Waals surface area contributed by atoms with Crippen LogP contribution >= 0.6 is 23.1 Å². The third-order valence-electron chi connectivity index (χ3n) is 2.73. The van der Waals surface area contributed by atoms with Crippen LogP contribution in [0.3, 0.4) is 0 Å². The molecule has 0 spiro atoms. The predicted molar refractivity (Wildman–Crippen MR) is 80.4 cm³/mol. The highest BCUT2D eigenvalue weighted by Crippen LogP contribution is 2.24. The number of benzene rings is 1. The third-order valence-corrected chi connectivity index (χ3v) is 3.70. The molecule has 1 aromatic carbocycles. The molecule has 0 unspecified atom stereocenters. The minimum absolute atomic E-state index is 0.0497. The first kappa shape index (κ1) is 15.4. The Labute approximate surface area is 129 Å². The van der Waals surface area contributed by atoms with Gasteiger partial charge in [0.15, 0.2) is 0 Å². The molecule has 2 N–H and O–H groups in total. The van der Waals surface area contributed by atoms with Gasteiger partial charge in [-0.1, -0.05) is 29.9 Å². The van der Waals surface area contributed by atoms with E-state index in [2.05, 4.69) is 14.9 Å². The van der Waals surface area contributed by atoms with Crippen molar-refractivity contribution in [3.63, 3.8) is 0 Å². The van der Waals surface area contributed by atoms with Crippen molar-refractivity contribution in [2.45, 2.75) is 19.8 Å². The minimum Gasteiger partial charge on any atom is -0.478 e. The number of carbonyl (C=O) groups excluding carboxylic acids is 1. The van der Waals surface area contributed by atoms with Crippen LogP contribution in [0.25, 0.3) is 0 Å². The van der Waals surface area contributed by atoms with Crippen LogP contribution in [0, 0.1) is 0 Å². The molecular formula is C13H12ClN3O3S. The fourth-order valence-electron chi connectivity index (χ4n) is 1.71. The van der Waals surface area contributed by atoms with E-state index in [9.17, 15) is 9.59 Å². The number of aromatic nitrogens is 2. The van der Waals surface area contributed by atoms with Gasteiger partial charge in [0.25, 0.3) is 5.91 Å². The lowest BCUT2D eigenvalue weighted by Crippen LogP contribution is -2.15. The summed E-state index contributed by atoms with van der Waals surface area (Å²) in [5.41, 5.74) is 0.697. The van der Waals surface area contributed by atoms with Gasteiger partial charge < -0.3 is 10.4 Å². The van der Waals surface area contributed by atoms with E-state index >= 15 is 0 Å². The van der Waals surface area contributed by atoms with Crippen LogP contribution in [0.2, 0.25) is 5.02 Å². The van der Waals surface area contributed by atoms with Crippen LogP contribution in [0.15, 0.2) is 18.2 Å². The van der Waals surface area contributed by atoms with Crippen molar-refractivity contribution in [1.29, 1.82) is 0 Å². The average Bonchev–Trinajstić information content (AvgIpc) is 2.90. The fourth-order valence-corrected chi connectivity index (χ4v) is 2.60. The first-order valence-electron chi connectivity index (χ1n) is 6.06. The van der Waals surface area contributed by atoms with Crippen LogP contribution in [-0.2, 0) is 0 Å². The van der Waals surface area contributed by atoms with Gasteiger partial charge in [-0.3, -0.25) is 4.79 Å². The Bertz CT molecular complexity index is 700. The van der Waals surface area contributed by atoms with Crippen molar-refractivity contribution >= 4 is 40.7 Å². The Hall–Kier alpha value is -1.99. The zero-order valence-corrected chi connectivity index (χ0v) is 12.8. The summed E-state index contributed by atoms with van der Waals surface area (Å²) in [5.74, 6) is -1.55. The van der Waals surface area contributed by atoms with E-state index in [0.717, 1.165) is 11.5 Å². The number of carbonyl (C=O) groups is 2. The first-order valence-corrected chi connectivity index (χ1v) is 7.21. The number of anilines is 1. The second kappa shape index (κ2) is 6.19. The molecule has 21 heavy (non-hydrogen) atoms. The molecule has 0 aliphatic rings. The molecule has 0 bridgehead atoms. The molecule has 0 aliphatic carbocycles. The number of carboxylic acids is 1. The van der Waals surface area contributed by atoms with E-state index in [4.69, 9.17) is 16.7 Å². The first-order chi connectivity index (χ1) is 9.90. The van der Waals surface area contributed by atoms with E-state index in [0.29, 0.717) is 10.6 Å². The zero-order valence-electron chi connectivity index (χ0n) is 11.3. The lowest BCUT2D eigenvalue weighted by atomic mass is 10.1. The molecule has 1 aromatic heterocycles. The summed E-state index contributed by atoms with van der Waals surface area (Å²) in [5, 5.41) is 15.9. The van der Waals surface area contributed by atoms with Gasteiger partial charge >= 0.3 is 5.97 Å². The predicted octanol–water partition coefficient (Wildman–Crippen LogP) is 3.27. The molecule has 0 aliphatic heterocycles. The van der Waals surface area contributed by atoms with Crippen molar-refractivity contribution in [3.8, 4) is 0 Å². The van der Waals surface area contributed by atoms with Gasteiger partial charge in [0.05, 0.1) is 16.9 Å². The highest BCUT2D eigenvalue weighted by molar-refractivity contribution is 7.08. The standard InChI is InChI=1S/C13H12ClN3O3S/c1-6(2)10-11(21-17-16-10)12(18)15-9-4-3-7(14)5-8(9)13(19)20/h3-6H,1-2H3,(H,15,18)(H,19,20). The van der Waals surface area contributed by atoms with E-state index in [1.165, 1.54) is 18.2 Å². The molecule has 2 rings (SSSR count). The van der Waals surface area contributed by atoms with E-state index in [-0.39, 0.29) is 22.2 Å². The molecule has 2 aromatic rings. The number of aromatic carboxylic acids is 1. The monoisotopic (exact) mass is 325 g/mol. The Morgan fingerprint density at radius 1 is 1.38 bits per heavy atom. The second-order valence-corrected chi connectivity index (χ2v) is 5.78. The summed E-state index contributed by atoms with van der Waals surface area (Å²) in [6, 6.07) is 4.25. The van der Waals surface area contributed by atoms with Gasteiger partial charge in [0.2, 0.25) is 0 Å². The fraction of sp³-hybridized carbons (Fsp3) is 0.231. The Morgan fingerprint density at radius 2 is 2.10 bits per heavy atom. The molecule has 6 nitrogen and oxygen atoms in total. The molecule has 1 amide bonds. The van der Waals surface area contributed by atoms with Crippen LogP contribution in [0.5, 0.6) is 0 Å². The number of hydrogen-bond donors (Lipinski definition) is 2. The smallest absolute Gasteiger partial charge is 0.337 e. The maximum Gasteiger partial charge on any atom is 0.337 e. The summed E-state index contributed by atoms with van der Waals surface area (Å²) in [6.07, 6.45) is 0. The van der Waals surface area contributed by atoms with Crippen molar-refractivity contribution < 1.29 is 14.7 Å². The Balaban J connectivity index is 2.32. The van der Waals surface area contributed by atoms with Gasteiger partial charge in [-0.15, -0.1) is 5.10 Å². The number of amides is 1. The number of nitrogens with zero attached hydrogens (tertiary/aromatic N) is 2. The number of halogens is 1. The lowest BCUT2D eigenvalue weighted by molar-refractivity contribution is 0.0698. The normalized spacial score (nSPS) is 10.7. The molecule has 0 saturated heterocycles. The van der Waals surface area contributed by atoms with E-state index in [1.54, 1.807) is 0 Å². The second-order valence-electron chi connectivity index (χ2n) is 4.59. The SMILES string of the molecule is CC(C)c1nnsc1C(=O)Nc1ccc(Cl)cc1C(=O)O. The maximum atomic E-state index is 12.3. The minimum atomic E-state index is -1.17.